The van der Waals surface area contributed by atoms with Gasteiger partial charge in [-0.2, -0.15) is 0 Å². The molecule has 134 valence electrons. The maximum Gasteiger partial charge on any atom is 0.339 e. The van der Waals surface area contributed by atoms with Crippen molar-refractivity contribution in [2.75, 3.05) is 35.5 Å². The lowest BCUT2D eigenvalue weighted by molar-refractivity contribution is -0.149. The van der Waals surface area contributed by atoms with Gasteiger partial charge in [-0.25, -0.2) is 4.79 Å². The fourth-order valence-electron chi connectivity index (χ4n) is 2.43. The van der Waals surface area contributed by atoms with E-state index in [1.54, 1.807) is 27.4 Å². The van der Waals surface area contributed by atoms with Crippen molar-refractivity contribution < 1.29 is 28.5 Å². The second kappa shape index (κ2) is 9.95. The van der Waals surface area contributed by atoms with Gasteiger partial charge in [-0.05, 0) is 24.3 Å². The Morgan fingerprint density at radius 3 is 2.21 bits per heavy atom. The van der Waals surface area contributed by atoms with Gasteiger partial charge in [-0.15, -0.1) is 0 Å². The minimum Gasteiger partial charge on any atom is -0.497 e. The molecule has 3 atom stereocenters. The molecule has 0 saturated carbocycles. The zero-order valence-corrected chi connectivity index (χ0v) is 15.1. The third-order valence-electron chi connectivity index (χ3n) is 3.75. The fourth-order valence-corrected chi connectivity index (χ4v) is 2.43. The van der Waals surface area contributed by atoms with Gasteiger partial charge in [0.25, 0.3) is 0 Å². The van der Waals surface area contributed by atoms with Crippen LogP contribution in [-0.4, -0.2) is 47.6 Å². The number of carbonyl (C=O) groups excluding carboxylic acids is 1. The summed E-state index contributed by atoms with van der Waals surface area (Å²) in [6.45, 7) is 1.98. The molecule has 6 heteroatoms. The van der Waals surface area contributed by atoms with Crippen LogP contribution in [0.1, 0.15) is 18.6 Å². The number of benzene rings is 1. The highest BCUT2D eigenvalue weighted by Crippen LogP contribution is 2.35. The zero-order valence-electron chi connectivity index (χ0n) is 15.1. The molecule has 1 aromatic rings. The molecule has 0 unspecified atom stereocenters. The van der Waals surface area contributed by atoms with Crippen molar-refractivity contribution in [3.63, 3.8) is 0 Å². The van der Waals surface area contributed by atoms with Crippen molar-refractivity contribution in [1.29, 1.82) is 0 Å². The third-order valence-corrected chi connectivity index (χ3v) is 3.75. The molecular weight excluding hydrogens is 312 g/mol. The largest absolute Gasteiger partial charge is 0.497 e. The van der Waals surface area contributed by atoms with Crippen LogP contribution in [-0.2, 0) is 19.0 Å². The van der Waals surface area contributed by atoms with E-state index in [-0.39, 0.29) is 12.0 Å². The maximum atomic E-state index is 11.6. The normalized spacial score (nSPS) is 14.9. The molecule has 0 radical (unpaired) electrons. The minimum absolute atomic E-state index is 0.0432. The van der Waals surface area contributed by atoms with Crippen LogP contribution in [0, 0.1) is 5.92 Å². The number of esters is 1. The van der Waals surface area contributed by atoms with Gasteiger partial charge in [-0.3, -0.25) is 0 Å². The first kappa shape index (κ1) is 20.0. The van der Waals surface area contributed by atoms with Crippen LogP contribution in [0.15, 0.2) is 30.4 Å². The van der Waals surface area contributed by atoms with E-state index in [0.717, 1.165) is 5.56 Å². The number of methoxy groups -OCH3 is 5. The molecule has 0 aliphatic heterocycles. The van der Waals surface area contributed by atoms with E-state index in [9.17, 15) is 4.79 Å². The number of hydrogen-bond acceptors (Lipinski definition) is 6. The molecule has 0 aliphatic carbocycles. The predicted octanol–water partition coefficient (Wildman–Crippen LogP) is 2.77. The first-order chi connectivity index (χ1) is 11.5. The van der Waals surface area contributed by atoms with Gasteiger partial charge in [0.05, 0.1) is 27.4 Å². The second-order valence-corrected chi connectivity index (χ2v) is 5.19. The van der Waals surface area contributed by atoms with Crippen LogP contribution in [0.3, 0.4) is 0 Å². The molecule has 0 aliphatic rings. The lowest BCUT2D eigenvalue weighted by Gasteiger charge is -2.23. The van der Waals surface area contributed by atoms with Crippen LogP contribution in [0.2, 0.25) is 0 Å². The van der Waals surface area contributed by atoms with Gasteiger partial charge < -0.3 is 23.7 Å². The van der Waals surface area contributed by atoms with Gasteiger partial charge in [0.15, 0.2) is 6.10 Å². The Labute approximate surface area is 143 Å². The molecule has 6 nitrogen and oxygen atoms in total. The van der Waals surface area contributed by atoms with Gasteiger partial charge in [-0.1, -0.05) is 13.0 Å². The summed E-state index contributed by atoms with van der Waals surface area (Å²) in [6, 6.07) is 5.54. The highest BCUT2D eigenvalue weighted by atomic mass is 16.6. The Morgan fingerprint density at radius 2 is 1.71 bits per heavy atom. The number of ether oxygens (including phenoxy) is 5. The number of carbonyl (C=O) groups is 1. The van der Waals surface area contributed by atoms with Crippen molar-refractivity contribution in [3.05, 3.63) is 35.9 Å². The molecule has 0 saturated heterocycles. The van der Waals surface area contributed by atoms with E-state index < -0.39 is 12.1 Å². The van der Waals surface area contributed by atoms with Crippen molar-refractivity contribution in [2.45, 2.75) is 19.1 Å². The molecule has 1 aromatic carbocycles. The Balaban J connectivity index is 3.06. The molecule has 1 rings (SSSR count). The van der Waals surface area contributed by atoms with Crippen molar-refractivity contribution in [1.82, 2.24) is 0 Å². The minimum atomic E-state index is -0.748. The van der Waals surface area contributed by atoms with Crippen LogP contribution >= 0.6 is 0 Å². The highest BCUT2D eigenvalue weighted by Gasteiger charge is 2.23. The topological polar surface area (TPSA) is 63.2 Å². The summed E-state index contributed by atoms with van der Waals surface area (Å²) in [6.07, 6.45) is 2.50. The van der Waals surface area contributed by atoms with Crippen molar-refractivity contribution in [3.8, 4) is 11.5 Å². The molecule has 0 bridgehead atoms. The van der Waals surface area contributed by atoms with E-state index in [0.29, 0.717) is 11.5 Å². The summed E-state index contributed by atoms with van der Waals surface area (Å²) in [5, 5.41) is 0. The van der Waals surface area contributed by atoms with Crippen LogP contribution in [0.5, 0.6) is 11.5 Å². The van der Waals surface area contributed by atoms with Gasteiger partial charge in [0, 0.05) is 25.7 Å². The van der Waals surface area contributed by atoms with Crippen LogP contribution in [0.4, 0.5) is 0 Å². The predicted molar refractivity (Wildman–Crippen MR) is 90.4 cm³/mol. The summed E-state index contributed by atoms with van der Waals surface area (Å²) in [4.78, 5) is 11.6. The highest BCUT2D eigenvalue weighted by molar-refractivity contribution is 5.76. The Morgan fingerprint density at radius 1 is 1.00 bits per heavy atom. The smallest absolute Gasteiger partial charge is 0.339 e. The zero-order chi connectivity index (χ0) is 18.1. The van der Waals surface area contributed by atoms with E-state index in [2.05, 4.69) is 0 Å². The van der Waals surface area contributed by atoms with Gasteiger partial charge in [0.2, 0.25) is 0 Å². The van der Waals surface area contributed by atoms with Crippen LogP contribution < -0.4 is 9.47 Å². The standard InChI is InChI=1S/C18H26O6/c1-12(7-9-16(22-4)18(19)24-6)17(23-5)14-11-13(20-2)8-10-15(14)21-3/h7-12,16-17H,1-6H3/b9-7+/t12-,16-,17+/m0/s1. The molecule has 0 heterocycles. The lowest BCUT2D eigenvalue weighted by atomic mass is 9.95. The lowest BCUT2D eigenvalue weighted by Crippen LogP contribution is -2.22. The summed E-state index contributed by atoms with van der Waals surface area (Å²) < 4.78 is 26.1. The average molecular weight is 338 g/mol. The summed E-state index contributed by atoms with van der Waals surface area (Å²) in [5.41, 5.74) is 0.864. The van der Waals surface area contributed by atoms with Gasteiger partial charge >= 0.3 is 5.97 Å². The molecule has 24 heavy (non-hydrogen) atoms. The monoisotopic (exact) mass is 338 g/mol. The number of rotatable bonds is 9. The van der Waals surface area contributed by atoms with E-state index >= 15 is 0 Å². The Hall–Kier alpha value is -2.05. The number of hydrogen-bond donors (Lipinski definition) is 0. The van der Waals surface area contributed by atoms with E-state index in [1.165, 1.54) is 14.2 Å². The first-order valence-corrected chi connectivity index (χ1v) is 7.56. The quantitative estimate of drug-likeness (QED) is 0.510. The summed E-state index contributed by atoms with van der Waals surface area (Å²) in [7, 11) is 7.62. The van der Waals surface area contributed by atoms with E-state index in [1.807, 2.05) is 31.2 Å². The molecule has 0 amide bonds. The first-order valence-electron chi connectivity index (χ1n) is 7.56. The molecule has 0 fully saturated rings. The summed E-state index contributed by atoms with van der Waals surface area (Å²) in [5.74, 6) is 0.930. The second-order valence-electron chi connectivity index (χ2n) is 5.19. The molecule has 0 aromatic heterocycles. The summed E-state index contributed by atoms with van der Waals surface area (Å²) >= 11 is 0. The van der Waals surface area contributed by atoms with E-state index in [4.69, 9.17) is 23.7 Å². The molecular formula is C18H26O6. The van der Waals surface area contributed by atoms with Crippen LogP contribution in [0.25, 0.3) is 0 Å². The van der Waals surface area contributed by atoms with Gasteiger partial charge in [0.1, 0.15) is 11.5 Å². The Kier molecular flexibility index (Phi) is 8.29. The SMILES string of the molecule is COC(=O)[C@H](/C=C/[C@H](C)[C@@H](OC)c1cc(OC)ccc1OC)OC. The third kappa shape index (κ3) is 4.97. The maximum absolute atomic E-state index is 11.6. The molecule has 0 spiro atoms. The molecule has 0 N–H and O–H groups in total. The van der Waals surface area contributed by atoms with Crippen molar-refractivity contribution >= 4 is 5.97 Å². The average Bonchev–Trinajstić information content (AvgIpc) is 2.62. The fraction of sp³-hybridized carbons (Fsp3) is 0.500. The Bertz CT molecular complexity index is 554. The van der Waals surface area contributed by atoms with Crippen molar-refractivity contribution in [2.24, 2.45) is 5.92 Å².